The predicted octanol–water partition coefficient (Wildman–Crippen LogP) is 5.73. The molecule has 0 bridgehead atoms. The van der Waals surface area contributed by atoms with Gasteiger partial charge in [0.05, 0.1) is 34.6 Å². The first-order valence-electron chi connectivity index (χ1n) is 10.0. The maximum absolute atomic E-state index is 13.6. The number of rotatable bonds is 3. The average Bonchev–Trinajstić information content (AvgIpc) is 3.31. The van der Waals surface area contributed by atoms with E-state index in [0.29, 0.717) is 27.9 Å². The second-order valence-corrected chi connectivity index (χ2v) is 9.31. The molecule has 0 aliphatic carbocycles. The lowest BCUT2D eigenvalue weighted by Gasteiger charge is -2.16. The first-order valence-corrected chi connectivity index (χ1v) is 11.6. The smallest absolute Gasteiger partial charge is 0.269 e. The summed E-state index contributed by atoms with van der Waals surface area (Å²) in [6.07, 6.45) is 0. The molecule has 1 saturated heterocycles. The van der Waals surface area contributed by atoms with Gasteiger partial charge in [-0.1, -0.05) is 60.3 Å². The number of para-hydroxylation sites is 1. The Morgan fingerprint density at radius 1 is 0.969 bits per heavy atom. The second-order valence-electron chi connectivity index (χ2n) is 7.30. The summed E-state index contributed by atoms with van der Waals surface area (Å²) in [6, 6.07) is 27.3. The molecule has 0 spiro atoms. The largest absolute Gasteiger partial charge is 0.337 e. The molecule has 3 aromatic rings. The first-order chi connectivity index (χ1) is 15.6. The van der Waals surface area contributed by atoms with Crippen LogP contribution in [0, 0.1) is 11.3 Å². The molecule has 0 radical (unpaired) electrons. The molecule has 7 heteroatoms. The molecule has 2 aliphatic rings. The summed E-state index contributed by atoms with van der Waals surface area (Å²) in [7, 11) is 1.99. The van der Waals surface area contributed by atoms with Crippen LogP contribution in [-0.4, -0.2) is 23.0 Å². The molecular formula is C25H18N4OS2. The molecule has 32 heavy (non-hydrogen) atoms. The van der Waals surface area contributed by atoms with E-state index in [1.165, 1.54) is 11.8 Å². The van der Waals surface area contributed by atoms with Crippen LogP contribution < -0.4 is 4.90 Å². The third-order valence-electron chi connectivity index (χ3n) is 5.18. The van der Waals surface area contributed by atoms with Crippen LogP contribution >= 0.6 is 23.5 Å². The van der Waals surface area contributed by atoms with Crippen LogP contribution in [0.25, 0.3) is 0 Å². The van der Waals surface area contributed by atoms with Crippen LogP contribution in [-0.2, 0) is 11.3 Å². The number of carbonyl (C=O) groups excluding carboxylic acids is 1. The van der Waals surface area contributed by atoms with Crippen molar-refractivity contribution in [2.75, 3.05) is 11.9 Å². The van der Waals surface area contributed by atoms with Gasteiger partial charge in [0.25, 0.3) is 5.91 Å². The van der Waals surface area contributed by atoms with Crippen molar-refractivity contribution in [3.63, 3.8) is 0 Å². The molecule has 0 saturated carbocycles. The Labute approximate surface area is 195 Å². The van der Waals surface area contributed by atoms with Crippen LogP contribution in [0.15, 0.2) is 98.7 Å². The lowest BCUT2D eigenvalue weighted by Crippen LogP contribution is -2.29. The van der Waals surface area contributed by atoms with Gasteiger partial charge in [-0.2, -0.15) is 5.26 Å². The molecule has 156 valence electrons. The van der Waals surface area contributed by atoms with Gasteiger partial charge in [-0.15, -0.1) is 0 Å². The van der Waals surface area contributed by atoms with Gasteiger partial charge in [-0.3, -0.25) is 9.69 Å². The van der Waals surface area contributed by atoms with Gasteiger partial charge in [-0.25, -0.2) is 4.99 Å². The molecule has 2 aliphatic heterocycles. The summed E-state index contributed by atoms with van der Waals surface area (Å²) in [5.74, 6) is -0.0591. The number of amides is 1. The van der Waals surface area contributed by atoms with Crippen LogP contribution in [0.1, 0.15) is 11.1 Å². The summed E-state index contributed by atoms with van der Waals surface area (Å²) in [5, 5.41) is 10.8. The van der Waals surface area contributed by atoms with Crippen LogP contribution in [0.4, 0.5) is 11.4 Å². The van der Waals surface area contributed by atoms with Crippen molar-refractivity contribution in [2.45, 2.75) is 11.4 Å². The van der Waals surface area contributed by atoms with Gasteiger partial charge in [0.1, 0.15) is 4.91 Å². The van der Waals surface area contributed by atoms with Crippen molar-refractivity contribution in [3.8, 4) is 6.07 Å². The van der Waals surface area contributed by atoms with Gasteiger partial charge < -0.3 is 4.90 Å². The number of hydrogen-bond donors (Lipinski definition) is 0. The van der Waals surface area contributed by atoms with E-state index < -0.39 is 0 Å². The average molecular weight is 455 g/mol. The summed E-state index contributed by atoms with van der Waals surface area (Å²) in [5.41, 5.74) is 3.31. The van der Waals surface area contributed by atoms with E-state index >= 15 is 0 Å². The number of hydrogen-bond acceptors (Lipinski definition) is 6. The number of nitrogens with zero attached hydrogens (tertiary/aromatic N) is 4. The lowest BCUT2D eigenvalue weighted by molar-refractivity contribution is -0.122. The molecular weight excluding hydrogens is 436 g/mol. The van der Waals surface area contributed by atoms with Gasteiger partial charge in [0.2, 0.25) is 0 Å². The van der Waals surface area contributed by atoms with E-state index in [-0.39, 0.29) is 5.91 Å². The number of aliphatic imine (C=N–C) groups is 1. The summed E-state index contributed by atoms with van der Waals surface area (Å²) < 4.78 is 0. The minimum absolute atomic E-state index is 0.0591. The molecule has 1 amide bonds. The number of anilines is 1. The van der Waals surface area contributed by atoms with Crippen molar-refractivity contribution in [1.29, 1.82) is 5.26 Å². The molecule has 1 fully saturated rings. The summed E-state index contributed by atoms with van der Waals surface area (Å²) in [6.45, 7) is 0.432. The summed E-state index contributed by atoms with van der Waals surface area (Å²) >= 11 is 2.99. The Balaban J connectivity index is 1.56. The fourth-order valence-electron chi connectivity index (χ4n) is 3.58. The highest BCUT2D eigenvalue weighted by atomic mass is 32.2. The predicted molar refractivity (Wildman–Crippen MR) is 131 cm³/mol. The maximum atomic E-state index is 13.6. The monoisotopic (exact) mass is 454 g/mol. The van der Waals surface area contributed by atoms with E-state index in [1.807, 2.05) is 55.6 Å². The van der Waals surface area contributed by atoms with Gasteiger partial charge >= 0.3 is 0 Å². The first kappa shape index (κ1) is 20.4. The zero-order valence-electron chi connectivity index (χ0n) is 17.2. The SMILES string of the molecule is CN1/C(=C2\SC(=Nc3cccc(C#N)c3)N(Cc3ccccc3)C2=O)Sc2ccccc21. The number of carbonyl (C=O) groups is 1. The Hall–Kier alpha value is -3.47. The third kappa shape index (κ3) is 3.79. The molecule has 5 rings (SSSR count). The van der Waals surface area contributed by atoms with E-state index in [0.717, 1.165) is 21.2 Å². The Bertz CT molecular complexity index is 1310. The van der Waals surface area contributed by atoms with Gasteiger partial charge in [0, 0.05) is 11.9 Å². The number of amidine groups is 1. The normalized spacial score (nSPS) is 18.9. The lowest BCUT2D eigenvalue weighted by atomic mass is 10.2. The molecule has 0 atom stereocenters. The van der Waals surface area contributed by atoms with Crippen molar-refractivity contribution in [1.82, 2.24) is 4.90 Å². The van der Waals surface area contributed by atoms with Crippen LogP contribution in [0.3, 0.4) is 0 Å². The topological polar surface area (TPSA) is 59.7 Å². The number of benzene rings is 3. The van der Waals surface area contributed by atoms with Crippen LogP contribution in [0.5, 0.6) is 0 Å². The standard InChI is InChI=1S/C25H18N4OS2/c1-28-20-12-5-6-13-21(20)31-24(28)22-23(30)29(16-17-8-3-2-4-9-17)25(32-22)27-19-11-7-10-18(14-19)15-26/h2-14H,16H2,1H3/b24-22+,27-25?. The fourth-order valence-corrected chi connectivity index (χ4v) is 5.92. The minimum atomic E-state index is -0.0591. The minimum Gasteiger partial charge on any atom is -0.337 e. The third-order valence-corrected chi connectivity index (χ3v) is 7.61. The van der Waals surface area contributed by atoms with Crippen molar-refractivity contribution in [3.05, 3.63) is 99.9 Å². The molecule has 3 aromatic carbocycles. The van der Waals surface area contributed by atoms with Crippen molar-refractivity contribution in [2.24, 2.45) is 4.99 Å². The quantitative estimate of drug-likeness (QED) is 0.473. The number of thioether (sulfide) groups is 2. The van der Waals surface area contributed by atoms with E-state index in [4.69, 9.17) is 4.99 Å². The zero-order chi connectivity index (χ0) is 22.1. The number of nitriles is 1. The van der Waals surface area contributed by atoms with E-state index in [2.05, 4.69) is 23.1 Å². The Morgan fingerprint density at radius 3 is 2.53 bits per heavy atom. The second kappa shape index (κ2) is 8.58. The highest BCUT2D eigenvalue weighted by molar-refractivity contribution is 8.19. The van der Waals surface area contributed by atoms with Crippen molar-refractivity contribution < 1.29 is 4.79 Å². The molecule has 0 N–H and O–H groups in total. The maximum Gasteiger partial charge on any atom is 0.269 e. The zero-order valence-corrected chi connectivity index (χ0v) is 18.9. The summed E-state index contributed by atoms with van der Waals surface area (Å²) in [4.78, 5) is 23.9. The van der Waals surface area contributed by atoms with E-state index in [1.54, 1.807) is 34.9 Å². The Kier molecular flexibility index (Phi) is 5.48. The van der Waals surface area contributed by atoms with E-state index in [9.17, 15) is 10.1 Å². The molecule has 0 unspecified atom stereocenters. The van der Waals surface area contributed by atoms with Crippen LogP contribution in [0.2, 0.25) is 0 Å². The Morgan fingerprint density at radius 2 is 1.75 bits per heavy atom. The molecule has 5 nitrogen and oxygen atoms in total. The van der Waals surface area contributed by atoms with Gasteiger partial charge in [-0.05, 0) is 47.7 Å². The highest BCUT2D eigenvalue weighted by Gasteiger charge is 2.39. The molecule has 0 aromatic heterocycles. The molecule has 2 heterocycles. The van der Waals surface area contributed by atoms with Gasteiger partial charge in [0.15, 0.2) is 5.17 Å². The number of fused-ring (bicyclic) bond motifs is 1. The van der Waals surface area contributed by atoms with Crippen molar-refractivity contribution >= 4 is 46.0 Å². The fraction of sp³-hybridized carbons (Fsp3) is 0.0800. The highest BCUT2D eigenvalue weighted by Crippen LogP contribution is 2.50.